The van der Waals surface area contributed by atoms with Gasteiger partial charge in [0.15, 0.2) is 0 Å². The smallest absolute Gasteiger partial charge is 0.0238 e. The number of likely N-dealkylation sites (tertiary alicyclic amines) is 1. The third kappa shape index (κ3) is 4.27. The maximum Gasteiger partial charge on any atom is 0.0238 e. The molecule has 2 bridgehead atoms. The zero-order chi connectivity index (χ0) is 27.6. The van der Waals surface area contributed by atoms with Gasteiger partial charge in [-0.2, -0.15) is 0 Å². The fourth-order valence-corrected chi connectivity index (χ4v) is 10.3. The van der Waals surface area contributed by atoms with E-state index in [9.17, 15) is 0 Å². The summed E-state index contributed by atoms with van der Waals surface area (Å²) in [4.78, 5) is 5.54. The monoisotopic (exact) mass is 491 g/mol. The summed E-state index contributed by atoms with van der Waals surface area (Å²) in [6.07, 6.45) is 1.38. The number of piperidine rings is 2. The van der Waals surface area contributed by atoms with E-state index in [-0.39, 0.29) is 0 Å². The van der Waals surface area contributed by atoms with Crippen LogP contribution in [0.15, 0.2) is 0 Å². The first-order chi connectivity index (χ1) is 15.7. The summed E-state index contributed by atoms with van der Waals surface area (Å²) >= 11 is 0. The van der Waals surface area contributed by atoms with Gasteiger partial charge in [0.05, 0.1) is 0 Å². The predicted molar refractivity (Wildman–Crippen MR) is 157 cm³/mol. The summed E-state index contributed by atoms with van der Waals surface area (Å²) in [5.74, 6) is 4.57. The number of hydrogen-bond donors (Lipinski definition) is 0. The van der Waals surface area contributed by atoms with Gasteiger partial charge >= 0.3 is 0 Å². The van der Waals surface area contributed by atoms with Gasteiger partial charge in [0.1, 0.15) is 0 Å². The first kappa shape index (κ1) is 31.1. The van der Waals surface area contributed by atoms with Crippen molar-refractivity contribution in [3.63, 3.8) is 0 Å². The summed E-state index contributed by atoms with van der Waals surface area (Å²) in [5, 5.41) is 0. The highest BCUT2D eigenvalue weighted by atomic mass is 15.4. The van der Waals surface area contributed by atoms with E-state index in [0.717, 1.165) is 35.5 Å². The second-order valence-electron chi connectivity index (χ2n) is 15.4. The van der Waals surface area contributed by atoms with Crippen LogP contribution in [0.5, 0.6) is 0 Å². The zero-order valence-corrected chi connectivity index (χ0v) is 27.4. The molecule has 1 saturated carbocycles. The Balaban J connectivity index is 0.000000247. The lowest BCUT2D eigenvalue weighted by atomic mass is 9.40. The van der Waals surface area contributed by atoms with Crippen LogP contribution in [0.3, 0.4) is 0 Å². The third-order valence-electron chi connectivity index (χ3n) is 13.5. The molecule has 4 aliphatic rings. The fraction of sp³-hybridized carbons (Fsp3) is 1.00. The maximum atomic E-state index is 2.82. The summed E-state index contributed by atoms with van der Waals surface area (Å²) in [5.41, 5.74) is 1.75. The normalized spacial score (nSPS) is 48.9. The maximum absolute atomic E-state index is 2.82. The molecule has 208 valence electrons. The molecule has 8 unspecified atom stereocenters. The molecule has 0 spiro atoms. The van der Waals surface area contributed by atoms with Crippen LogP contribution >= 0.6 is 0 Å². The third-order valence-corrected chi connectivity index (χ3v) is 13.5. The lowest BCUT2D eigenvalue weighted by Crippen LogP contribution is -2.85. The minimum absolute atomic E-state index is 0.411. The molecular weight excluding hydrogens is 424 g/mol. The van der Waals surface area contributed by atoms with Crippen molar-refractivity contribution in [3.8, 4) is 0 Å². The molecule has 0 N–H and O–H groups in total. The average molecular weight is 491 g/mol. The van der Waals surface area contributed by atoms with Crippen molar-refractivity contribution in [1.82, 2.24) is 9.80 Å². The Labute approximate surface area is 222 Å². The Morgan fingerprint density at radius 1 is 0.543 bits per heavy atom. The quantitative estimate of drug-likeness (QED) is 0.388. The van der Waals surface area contributed by atoms with E-state index in [1.54, 1.807) is 0 Å². The largest absolute Gasteiger partial charge is 0.295 e. The van der Waals surface area contributed by atoms with Crippen LogP contribution in [0, 0.1) is 46.3 Å². The molecule has 2 nitrogen and oxygen atoms in total. The molecule has 4 rings (SSSR count). The fourth-order valence-electron chi connectivity index (χ4n) is 10.3. The van der Waals surface area contributed by atoms with Gasteiger partial charge < -0.3 is 0 Å². The number of hydrogen-bond acceptors (Lipinski definition) is 2. The molecule has 0 aromatic carbocycles. The van der Waals surface area contributed by atoms with Gasteiger partial charge in [-0.25, -0.2) is 0 Å². The SMILES string of the molecule is CC(C)N1C(C)C(C)C(C)(C(C)C)C(C)C1C.CC(C)N1C2(C)CC1(C)C(C)C(C)(C(C)C)C2C. The highest BCUT2D eigenvalue weighted by Gasteiger charge is 2.71. The van der Waals surface area contributed by atoms with Gasteiger partial charge in [-0.1, -0.05) is 69.2 Å². The van der Waals surface area contributed by atoms with E-state index in [4.69, 9.17) is 0 Å². The van der Waals surface area contributed by atoms with Crippen LogP contribution in [0.1, 0.15) is 131 Å². The van der Waals surface area contributed by atoms with Gasteiger partial charge in [-0.15, -0.1) is 0 Å². The minimum atomic E-state index is 0.411. The molecule has 8 atom stereocenters. The average Bonchev–Trinajstić information content (AvgIpc) is 2.72. The molecule has 3 aliphatic heterocycles. The number of nitrogens with zero attached hydrogens (tertiary/aromatic N) is 2. The van der Waals surface area contributed by atoms with Crippen molar-refractivity contribution in [2.75, 3.05) is 0 Å². The summed E-state index contributed by atoms with van der Waals surface area (Å²) in [6.45, 7) is 43.9. The van der Waals surface area contributed by atoms with Gasteiger partial charge in [0.2, 0.25) is 0 Å². The number of fused-ring (bicyclic) bond motifs is 2. The van der Waals surface area contributed by atoms with Crippen LogP contribution in [-0.2, 0) is 0 Å². The van der Waals surface area contributed by atoms with Gasteiger partial charge in [-0.05, 0) is 108 Å². The first-order valence-electron chi connectivity index (χ1n) is 15.2. The lowest BCUT2D eigenvalue weighted by Gasteiger charge is -2.79. The van der Waals surface area contributed by atoms with E-state index in [1.807, 2.05) is 0 Å². The Bertz CT molecular complexity index is 685. The van der Waals surface area contributed by atoms with E-state index in [1.165, 1.54) is 6.42 Å². The minimum Gasteiger partial charge on any atom is -0.295 e. The van der Waals surface area contributed by atoms with Crippen molar-refractivity contribution in [3.05, 3.63) is 0 Å². The molecule has 2 heteroatoms. The second-order valence-corrected chi connectivity index (χ2v) is 15.4. The van der Waals surface area contributed by atoms with E-state index >= 15 is 0 Å². The van der Waals surface area contributed by atoms with Crippen LogP contribution in [0.2, 0.25) is 0 Å². The Hall–Kier alpha value is -0.0800. The van der Waals surface area contributed by atoms with E-state index in [0.29, 0.717) is 46.1 Å². The van der Waals surface area contributed by atoms with Crippen LogP contribution in [-0.4, -0.2) is 45.0 Å². The number of rotatable bonds is 4. The second kappa shape index (κ2) is 9.91. The molecule has 35 heavy (non-hydrogen) atoms. The Kier molecular flexibility index (Phi) is 8.81. The van der Waals surface area contributed by atoms with Crippen molar-refractivity contribution in [1.29, 1.82) is 0 Å². The predicted octanol–water partition coefficient (Wildman–Crippen LogP) is 8.99. The van der Waals surface area contributed by atoms with Crippen molar-refractivity contribution in [2.45, 2.75) is 166 Å². The molecule has 0 aromatic heterocycles. The molecule has 3 saturated heterocycles. The van der Waals surface area contributed by atoms with Crippen LogP contribution in [0.4, 0.5) is 0 Å². The van der Waals surface area contributed by atoms with Gasteiger partial charge in [0, 0.05) is 35.2 Å². The standard InChI is InChI=1S/C17H33N.C16H33N/c1-11(2)17(9)13(5)15(7)10-16(8,14(17)6)18(15)12(3)4;1-10(2)16(9)12(5)14(7)17(11(3)4)15(8)13(16)6/h11-14H,10H2,1-9H3;10-15H,1-9H3. The van der Waals surface area contributed by atoms with Crippen molar-refractivity contribution in [2.24, 2.45) is 46.3 Å². The Morgan fingerprint density at radius 3 is 1.14 bits per heavy atom. The van der Waals surface area contributed by atoms with E-state index < -0.39 is 0 Å². The lowest BCUT2D eigenvalue weighted by molar-refractivity contribution is -0.290. The Morgan fingerprint density at radius 2 is 0.886 bits per heavy atom. The van der Waals surface area contributed by atoms with Gasteiger partial charge in [0.25, 0.3) is 0 Å². The molecule has 0 radical (unpaired) electrons. The molecular formula is C33H66N2. The summed E-state index contributed by atoms with van der Waals surface area (Å²) in [6, 6.07) is 2.69. The van der Waals surface area contributed by atoms with E-state index in [2.05, 4.69) is 134 Å². The zero-order valence-electron chi connectivity index (χ0n) is 27.4. The van der Waals surface area contributed by atoms with Crippen LogP contribution < -0.4 is 0 Å². The molecule has 0 amide bonds. The molecule has 4 fully saturated rings. The van der Waals surface area contributed by atoms with Crippen LogP contribution in [0.25, 0.3) is 0 Å². The highest BCUT2D eigenvalue weighted by molar-refractivity contribution is 5.25. The molecule has 1 aliphatic carbocycles. The van der Waals surface area contributed by atoms with Gasteiger partial charge in [-0.3, -0.25) is 9.80 Å². The summed E-state index contributed by atoms with van der Waals surface area (Å²) < 4.78 is 0. The van der Waals surface area contributed by atoms with Crippen molar-refractivity contribution < 1.29 is 0 Å². The molecule has 0 aromatic rings. The van der Waals surface area contributed by atoms with Crippen molar-refractivity contribution >= 4 is 0 Å². The highest BCUT2D eigenvalue weighted by Crippen LogP contribution is 2.68. The topological polar surface area (TPSA) is 6.48 Å². The first-order valence-corrected chi connectivity index (χ1v) is 15.2. The summed E-state index contributed by atoms with van der Waals surface area (Å²) in [7, 11) is 0. The molecule has 3 heterocycles.